The first kappa shape index (κ1) is 11.9. The first-order valence-electron chi connectivity index (χ1n) is 6.53. The van der Waals surface area contributed by atoms with E-state index < -0.39 is 0 Å². The summed E-state index contributed by atoms with van der Waals surface area (Å²) in [5, 5.41) is 0. The number of benzene rings is 1. The third-order valence-electron chi connectivity index (χ3n) is 3.35. The van der Waals surface area contributed by atoms with Gasteiger partial charge < -0.3 is 5.73 Å². The van der Waals surface area contributed by atoms with Crippen LogP contribution in [0, 0.1) is 6.92 Å². The number of nitrogens with zero attached hydrogens (tertiary/aromatic N) is 2. The molecule has 0 aliphatic heterocycles. The Morgan fingerprint density at radius 2 is 1.89 bits per heavy atom. The number of aryl methyl sites for hydroxylation is 1. The molecule has 2 aromatic heterocycles. The summed E-state index contributed by atoms with van der Waals surface area (Å²) in [5.41, 5.74) is 11.3. The van der Waals surface area contributed by atoms with Crippen LogP contribution < -0.4 is 5.73 Å². The van der Waals surface area contributed by atoms with Crippen LogP contribution in [0.25, 0.3) is 16.9 Å². The number of hydrogen-bond acceptors (Lipinski definition) is 2. The summed E-state index contributed by atoms with van der Waals surface area (Å²) < 4.78 is 2.16. The minimum Gasteiger partial charge on any atom is -0.330 e. The van der Waals surface area contributed by atoms with Gasteiger partial charge in [-0.3, -0.25) is 4.40 Å². The molecule has 2 N–H and O–H groups in total. The Morgan fingerprint density at radius 3 is 2.63 bits per heavy atom. The smallest absolute Gasteiger partial charge is 0.140 e. The number of hydrogen-bond donors (Lipinski definition) is 1. The van der Waals surface area contributed by atoms with Crippen molar-refractivity contribution in [1.29, 1.82) is 0 Å². The van der Waals surface area contributed by atoms with Crippen molar-refractivity contribution in [2.24, 2.45) is 5.73 Å². The molecule has 0 aliphatic rings. The molecule has 0 spiro atoms. The molecular formula is C16H17N3. The van der Waals surface area contributed by atoms with E-state index in [4.69, 9.17) is 10.7 Å². The Hall–Kier alpha value is -2.13. The third-order valence-corrected chi connectivity index (χ3v) is 3.35. The highest BCUT2D eigenvalue weighted by molar-refractivity contribution is 5.68. The van der Waals surface area contributed by atoms with E-state index in [0.29, 0.717) is 6.54 Å². The summed E-state index contributed by atoms with van der Waals surface area (Å²) in [5.74, 6) is 0. The number of rotatable bonds is 3. The van der Waals surface area contributed by atoms with Gasteiger partial charge in [-0.15, -0.1) is 0 Å². The van der Waals surface area contributed by atoms with E-state index in [9.17, 15) is 0 Å². The van der Waals surface area contributed by atoms with Gasteiger partial charge in [-0.25, -0.2) is 4.98 Å². The molecule has 0 bridgehead atoms. The van der Waals surface area contributed by atoms with Crippen LogP contribution in [0.1, 0.15) is 11.3 Å². The topological polar surface area (TPSA) is 43.3 Å². The molecular weight excluding hydrogens is 234 g/mol. The van der Waals surface area contributed by atoms with Crippen molar-refractivity contribution in [2.45, 2.75) is 13.3 Å². The minimum absolute atomic E-state index is 0.614. The lowest BCUT2D eigenvalue weighted by atomic mass is 10.1. The molecule has 0 saturated carbocycles. The van der Waals surface area contributed by atoms with Crippen LogP contribution in [0.4, 0.5) is 0 Å². The van der Waals surface area contributed by atoms with Crippen LogP contribution in [0.3, 0.4) is 0 Å². The van der Waals surface area contributed by atoms with Gasteiger partial charge >= 0.3 is 0 Å². The van der Waals surface area contributed by atoms with Crippen LogP contribution in [-0.2, 0) is 6.42 Å². The zero-order valence-corrected chi connectivity index (χ0v) is 11.0. The standard InChI is InChI=1S/C16H17N3/c1-12-6-5-11-19-15(13-7-3-2-4-8-13)14(9-10-17)18-16(12)19/h2-8,11H,9-10,17H2,1H3. The van der Waals surface area contributed by atoms with Gasteiger partial charge in [0, 0.05) is 18.2 Å². The minimum atomic E-state index is 0.614. The van der Waals surface area contributed by atoms with Crippen LogP contribution >= 0.6 is 0 Å². The Labute approximate surface area is 112 Å². The molecule has 0 atom stereocenters. The monoisotopic (exact) mass is 251 g/mol. The number of aromatic nitrogens is 2. The Bertz CT molecular complexity index is 699. The fraction of sp³-hybridized carbons (Fsp3) is 0.188. The van der Waals surface area contributed by atoms with Gasteiger partial charge in [0.25, 0.3) is 0 Å². The third kappa shape index (κ3) is 2.02. The maximum Gasteiger partial charge on any atom is 0.140 e. The van der Waals surface area contributed by atoms with Gasteiger partial charge in [0.05, 0.1) is 11.4 Å². The Kier molecular flexibility index (Phi) is 3.05. The predicted octanol–water partition coefficient (Wildman–Crippen LogP) is 2.81. The summed E-state index contributed by atoms with van der Waals surface area (Å²) in [6.45, 7) is 2.70. The fourth-order valence-corrected chi connectivity index (χ4v) is 2.46. The van der Waals surface area contributed by atoms with Crippen LogP contribution in [0.2, 0.25) is 0 Å². The quantitative estimate of drug-likeness (QED) is 0.778. The highest BCUT2D eigenvalue weighted by atomic mass is 15.0. The zero-order chi connectivity index (χ0) is 13.2. The lowest BCUT2D eigenvalue weighted by molar-refractivity contribution is 0.939. The van der Waals surface area contributed by atoms with E-state index in [-0.39, 0.29) is 0 Å². The van der Waals surface area contributed by atoms with Gasteiger partial charge in [0.2, 0.25) is 0 Å². The second-order valence-corrected chi connectivity index (χ2v) is 4.70. The van der Waals surface area contributed by atoms with Crippen LogP contribution in [-0.4, -0.2) is 15.9 Å². The van der Waals surface area contributed by atoms with E-state index in [1.54, 1.807) is 0 Å². The van der Waals surface area contributed by atoms with Crippen LogP contribution in [0.15, 0.2) is 48.7 Å². The highest BCUT2D eigenvalue weighted by Crippen LogP contribution is 2.26. The molecule has 0 amide bonds. The normalized spacial score (nSPS) is 11.1. The van der Waals surface area contributed by atoms with E-state index in [1.165, 1.54) is 11.1 Å². The maximum atomic E-state index is 5.72. The highest BCUT2D eigenvalue weighted by Gasteiger charge is 2.14. The Balaban J connectivity index is 2.32. The summed E-state index contributed by atoms with van der Waals surface area (Å²) in [6, 6.07) is 14.5. The lowest BCUT2D eigenvalue weighted by Gasteiger charge is -2.05. The molecule has 0 aliphatic carbocycles. The maximum absolute atomic E-state index is 5.72. The first-order chi connectivity index (χ1) is 9.31. The van der Waals surface area contributed by atoms with Crippen molar-refractivity contribution in [3.63, 3.8) is 0 Å². The summed E-state index contributed by atoms with van der Waals surface area (Å²) in [6.07, 6.45) is 2.86. The molecule has 0 radical (unpaired) electrons. The molecule has 0 fully saturated rings. The molecule has 19 heavy (non-hydrogen) atoms. The van der Waals surface area contributed by atoms with Crippen molar-refractivity contribution in [3.05, 3.63) is 59.9 Å². The average Bonchev–Trinajstić information content (AvgIpc) is 2.80. The van der Waals surface area contributed by atoms with Crippen molar-refractivity contribution in [1.82, 2.24) is 9.38 Å². The molecule has 1 aromatic carbocycles. The molecule has 0 saturated heterocycles. The van der Waals surface area contributed by atoms with E-state index >= 15 is 0 Å². The van der Waals surface area contributed by atoms with Gasteiger partial charge in [0.1, 0.15) is 5.65 Å². The van der Waals surface area contributed by atoms with Crippen molar-refractivity contribution < 1.29 is 0 Å². The zero-order valence-electron chi connectivity index (χ0n) is 11.0. The number of fused-ring (bicyclic) bond motifs is 1. The number of nitrogens with two attached hydrogens (primary N) is 1. The first-order valence-corrected chi connectivity index (χ1v) is 6.53. The molecule has 3 aromatic rings. The number of imidazole rings is 1. The van der Waals surface area contributed by atoms with Crippen molar-refractivity contribution >= 4 is 5.65 Å². The molecule has 2 heterocycles. The van der Waals surface area contributed by atoms with Crippen molar-refractivity contribution in [3.8, 4) is 11.3 Å². The molecule has 0 unspecified atom stereocenters. The molecule has 3 heteroatoms. The summed E-state index contributed by atoms with van der Waals surface area (Å²) >= 11 is 0. The predicted molar refractivity (Wildman–Crippen MR) is 78.1 cm³/mol. The van der Waals surface area contributed by atoms with Gasteiger partial charge in [-0.05, 0) is 25.1 Å². The number of pyridine rings is 1. The summed E-state index contributed by atoms with van der Waals surface area (Å²) in [7, 11) is 0. The lowest BCUT2D eigenvalue weighted by Crippen LogP contribution is -2.04. The second-order valence-electron chi connectivity index (χ2n) is 4.70. The molecule has 3 rings (SSSR count). The molecule has 96 valence electrons. The van der Waals surface area contributed by atoms with Gasteiger partial charge in [-0.1, -0.05) is 36.4 Å². The largest absolute Gasteiger partial charge is 0.330 e. The average molecular weight is 251 g/mol. The fourth-order valence-electron chi connectivity index (χ4n) is 2.46. The SMILES string of the molecule is Cc1cccn2c(-c3ccccc3)c(CCN)nc12. The van der Waals surface area contributed by atoms with E-state index in [1.807, 2.05) is 6.07 Å². The van der Waals surface area contributed by atoms with Gasteiger partial charge in [-0.2, -0.15) is 0 Å². The van der Waals surface area contributed by atoms with Gasteiger partial charge in [0.15, 0.2) is 0 Å². The Morgan fingerprint density at radius 1 is 1.11 bits per heavy atom. The van der Waals surface area contributed by atoms with Crippen molar-refractivity contribution in [2.75, 3.05) is 6.54 Å². The van der Waals surface area contributed by atoms with E-state index in [2.05, 4.69) is 53.9 Å². The summed E-state index contributed by atoms with van der Waals surface area (Å²) in [4.78, 5) is 4.76. The van der Waals surface area contributed by atoms with E-state index in [0.717, 1.165) is 23.5 Å². The van der Waals surface area contributed by atoms with Crippen LogP contribution in [0.5, 0.6) is 0 Å². The molecule has 3 nitrogen and oxygen atoms in total. The second kappa shape index (κ2) is 4.86.